The van der Waals surface area contributed by atoms with Crippen molar-refractivity contribution < 1.29 is 18.7 Å². The van der Waals surface area contributed by atoms with Crippen LogP contribution in [0.15, 0.2) is 63.8 Å². The first-order chi connectivity index (χ1) is 17.8. The predicted molar refractivity (Wildman–Crippen MR) is 145 cm³/mol. The number of carbonyl (C=O) groups excluding carboxylic acids is 1. The van der Waals surface area contributed by atoms with Crippen molar-refractivity contribution in [2.75, 3.05) is 18.6 Å². The number of anilines is 1. The maximum Gasteiger partial charge on any atom is 0.295 e. The molecule has 190 valence electrons. The van der Waals surface area contributed by atoms with Crippen molar-refractivity contribution in [2.24, 2.45) is 0 Å². The number of benzene rings is 3. The van der Waals surface area contributed by atoms with E-state index in [1.807, 2.05) is 44.2 Å². The molecule has 3 aromatic carbocycles. The van der Waals surface area contributed by atoms with Crippen LogP contribution in [0.25, 0.3) is 11.0 Å². The summed E-state index contributed by atoms with van der Waals surface area (Å²) in [6.45, 7) is 6.56. The van der Waals surface area contributed by atoms with Crippen LogP contribution in [-0.4, -0.2) is 19.6 Å². The number of unbranched alkanes of at least 4 members (excludes halogenated alkanes) is 1. The van der Waals surface area contributed by atoms with Gasteiger partial charge in [0.2, 0.25) is 5.76 Å². The van der Waals surface area contributed by atoms with E-state index in [1.54, 1.807) is 36.3 Å². The molecule has 0 fully saturated rings. The third-order valence-corrected chi connectivity index (χ3v) is 7.07. The highest BCUT2D eigenvalue weighted by Crippen LogP contribution is 2.43. The Balaban J connectivity index is 1.73. The molecule has 6 nitrogen and oxygen atoms in total. The van der Waals surface area contributed by atoms with E-state index in [0.29, 0.717) is 50.9 Å². The molecule has 1 atom stereocenters. The van der Waals surface area contributed by atoms with E-state index in [9.17, 15) is 9.59 Å². The lowest BCUT2D eigenvalue weighted by Crippen LogP contribution is -2.29. The minimum absolute atomic E-state index is 0.0352. The summed E-state index contributed by atoms with van der Waals surface area (Å²) in [5, 5.41) is 0.923. The molecule has 7 heteroatoms. The molecule has 2 heterocycles. The zero-order valence-corrected chi connectivity index (χ0v) is 22.0. The molecule has 4 aromatic rings. The van der Waals surface area contributed by atoms with Crippen LogP contribution in [0.5, 0.6) is 11.5 Å². The van der Waals surface area contributed by atoms with Crippen LogP contribution in [0.2, 0.25) is 5.02 Å². The molecule has 0 N–H and O–H groups in total. The highest BCUT2D eigenvalue weighted by atomic mass is 35.5. The van der Waals surface area contributed by atoms with Crippen LogP contribution in [0.4, 0.5) is 5.69 Å². The number of hydrogen-bond acceptors (Lipinski definition) is 5. The Hall–Kier alpha value is -3.77. The topological polar surface area (TPSA) is 69.0 Å². The number of ether oxygens (including phenoxy) is 2. The third-order valence-electron chi connectivity index (χ3n) is 6.83. The predicted octanol–water partition coefficient (Wildman–Crippen LogP) is 7.00. The van der Waals surface area contributed by atoms with Gasteiger partial charge in [0.1, 0.15) is 5.58 Å². The molecular formula is C30H28ClNO5. The first kappa shape index (κ1) is 24.9. The molecule has 0 radical (unpaired) electrons. The van der Waals surface area contributed by atoms with Crippen LogP contribution >= 0.6 is 11.6 Å². The smallest absolute Gasteiger partial charge is 0.295 e. The minimum atomic E-state index is -0.734. The van der Waals surface area contributed by atoms with E-state index in [2.05, 4.69) is 6.92 Å². The van der Waals surface area contributed by atoms with Gasteiger partial charge in [0.25, 0.3) is 5.91 Å². The summed E-state index contributed by atoms with van der Waals surface area (Å²) in [4.78, 5) is 29.3. The van der Waals surface area contributed by atoms with Crippen LogP contribution in [0.1, 0.15) is 58.6 Å². The zero-order chi connectivity index (χ0) is 26.3. The summed E-state index contributed by atoms with van der Waals surface area (Å²) in [5.41, 5.74) is 3.67. The van der Waals surface area contributed by atoms with Gasteiger partial charge in [-0.25, -0.2) is 0 Å². The SMILES string of the molecule is CCCCOc1ccc(C2c3c(oc4cc(C)c(C)cc4c3=O)C(=O)N2c2cccc(Cl)c2)cc1OC. The van der Waals surface area contributed by atoms with Gasteiger partial charge in [-0.15, -0.1) is 0 Å². The molecule has 1 amide bonds. The van der Waals surface area contributed by atoms with Gasteiger partial charge in [0, 0.05) is 10.7 Å². The summed E-state index contributed by atoms with van der Waals surface area (Å²) >= 11 is 6.30. The lowest BCUT2D eigenvalue weighted by molar-refractivity contribution is 0.0971. The second-order valence-corrected chi connectivity index (χ2v) is 9.71. The molecule has 1 aliphatic heterocycles. The second-order valence-electron chi connectivity index (χ2n) is 9.28. The van der Waals surface area contributed by atoms with Gasteiger partial charge in [-0.05, 0) is 79.4 Å². The number of methoxy groups -OCH3 is 1. The van der Waals surface area contributed by atoms with Gasteiger partial charge in [-0.3, -0.25) is 14.5 Å². The van der Waals surface area contributed by atoms with Crippen LogP contribution < -0.4 is 19.8 Å². The molecule has 0 aliphatic carbocycles. The van der Waals surface area contributed by atoms with Crippen molar-refractivity contribution in [2.45, 2.75) is 39.7 Å². The van der Waals surface area contributed by atoms with Crippen molar-refractivity contribution in [1.29, 1.82) is 0 Å². The van der Waals surface area contributed by atoms with Crippen molar-refractivity contribution in [3.8, 4) is 11.5 Å². The molecule has 0 spiro atoms. The average molecular weight is 518 g/mol. The molecule has 1 aromatic heterocycles. The number of fused-ring (bicyclic) bond motifs is 2. The maximum absolute atomic E-state index is 13.9. The Bertz CT molecular complexity index is 1570. The Morgan fingerprint density at radius 1 is 1.00 bits per heavy atom. The largest absolute Gasteiger partial charge is 0.493 e. The molecule has 0 saturated carbocycles. The van der Waals surface area contributed by atoms with E-state index in [0.717, 1.165) is 24.0 Å². The molecule has 0 bridgehead atoms. The molecule has 1 unspecified atom stereocenters. The van der Waals surface area contributed by atoms with Crippen molar-refractivity contribution >= 4 is 34.2 Å². The van der Waals surface area contributed by atoms with Crippen molar-refractivity contribution in [1.82, 2.24) is 0 Å². The molecule has 1 aliphatic rings. The Kier molecular flexibility index (Phi) is 6.69. The van der Waals surface area contributed by atoms with Gasteiger partial charge in [-0.2, -0.15) is 0 Å². The quantitative estimate of drug-likeness (QED) is 0.247. The van der Waals surface area contributed by atoms with Crippen molar-refractivity contribution in [3.05, 3.63) is 97.9 Å². The number of halogens is 1. The van der Waals surface area contributed by atoms with E-state index in [1.165, 1.54) is 0 Å². The summed E-state index contributed by atoms with van der Waals surface area (Å²) in [6.07, 6.45) is 1.93. The molecular weight excluding hydrogens is 490 g/mol. The van der Waals surface area contributed by atoms with E-state index >= 15 is 0 Å². The number of nitrogens with zero attached hydrogens (tertiary/aromatic N) is 1. The lowest BCUT2D eigenvalue weighted by atomic mass is 9.97. The number of hydrogen-bond donors (Lipinski definition) is 0. The summed E-state index contributed by atoms with van der Waals surface area (Å²) in [6, 6.07) is 15.4. The van der Waals surface area contributed by atoms with Gasteiger partial charge >= 0.3 is 0 Å². The fourth-order valence-corrected chi connectivity index (χ4v) is 4.92. The summed E-state index contributed by atoms with van der Waals surface area (Å²) in [5.74, 6) is 0.766. The van der Waals surface area contributed by atoms with E-state index in [-0.39, 0.29) is 11.2 Å². The molecule has 0 saturated heterocycles. The van der Waals surface area contributed by atoms with Gasteiger partial charge in [0.05, 0.1) is 30.7 Å². The Labute approximate surface area is 220 Å². The minimum Gasteiger partial charge on any atom is -0.493 e. The number of aryl methyl sites for hydroxylation is 2. The van der Waals surface area contributed by atoms with Gasteiger partial charge in [-0.1, -0.05) is 37.1 Å². The first-order valence-electron chi connectivity index (χ1n) is 12.3. The fraction of sp³-hybridized carbons (Fsp3) is 0.267. The number of rotatable bonds is 7. The normalized spacial score (nSPS) is 14.8. The van der Waals surface area contributed by atoms with Crippen molar-refractivity contribution in [3.63, 3.8) is 0 Å². The van der Waals surface area contributed by atoms with E-state index in [4.69, 9.17) is 25.5 Å². The average Bonchev–Trinajstić information content (AvgIpc) is 3.18. The zero-order valence-electron chi connectivity index (χ0n) is 21.3. The van der Waals surface area contributed by atoms with Gasteiger partial charge < -0.3 is 13.9 Å². The molecule has 5 rings (SSSR count). The van der Waals surface area contributed by atoms with Gasteiger partial charge in [0.15, 0.2) is 16.9 Å². The highest BCUT2D eigenvalue weighted by molar-refractivity contribution is 6.31. The highest BCUT2D eigenvalue weighted by Gasteiger charge is 2.44. The second kappa shape index (κ2) is 9.94. The van der Waals surface area contributed by atoms with Crippen LogP contribution in [-0.2, 0) is 0 Å². The summed E-state index contributed by atoms with van der Waals surface area (Å²) in [7, 11) is 1.57. The number of carbonyl (C=O) groups is 1. The van der Waals surface area contributed by atoms with Crippen LogP contribution in [0.3, 0.4) is 0 Å². The summed E-state index contributed by atoms with van der Waals surface area (Å²) < 4.78 is 17.7. The standard InChI is InChI=1S/C30H28ClNO5/c1-5-6-12-36-23-11-10-19(15-25(23)35-4)27-26-28(33)22-13-17(2)18(3)14-24(22)37-29(26)30(34)32(27)21-9-7-8-20(31)16-21/h7-11,13-16,27H,5-6,12H2,1-4H3. The maximum atomic E-state index is 13.9. The third kappa shape index (κ3) is 4.36. The monoisotopic (exact) mass is 517 g/mol. The number of amides is 1. The Morgan fingerprint density at radius 3 is 2.51 bits per heavy atom. The van der Waals surface area contributed by atoms with E-state index < -0.39 is 11.9 Å². The fourth-order valence-electron chi connectivity index (χ4n) is 4.74. The molecule has 37 heavy (non-hydrogen) atoms. The first-order valence-corrected chi connectivity index (χ1v) is 12.7. The van der Waals surface area contributed by atoms with Crippen LogP contribution in [0, 0.1) is 13.8 Å². The Morgan fingerprint density at radius 2 is 1.78 bits per heavy atom. The lowest BCUT2D eigenvalue weighted by Gasteiger charge is -2.26.